The van der Waals surface area contributed by atoms with E-state index in [0.717, 1.165) is 5.54 Å². The van der Waals surface area contributed by atoms with Gasteiger partial charge in [0, 0.05) is 23.2 Å². The summed E-state index contributed by atoms with van der Waals surface area (Å²) < 4.78 is 5.32. The van der Waals surface area contributed by atoms with Crippen LogP contribution in [0.15, 0.2) is 28.8 Å². The molecule has 1 atom stereocenters. The molecular formula is C11H11Cl2NO4. The largest absolute Gasteiger partial charge is 0.488 e. The van der Waals surface area contributed by atoms with E-state index < -0.39 is 11.0 Å². The molecule has 0 bridgehead atoms. The normalized spacial score (nSPS) is 13.2. The number of nitro benzene ring substituents is 1. The van der Waals surface area contributed by atoms with Crippen LogP contribution in [0, 0.1) is 10.1 Å². The third-order valence-corrected chi connectivity index (χ3v) is 2.73. The van der Waals surface area contributed by atoms with Gasteiger partial charge < -0.3 is 9.84 Å². The number of rotatable bonds is 5. The molecule has 18 heavy (non-hydrogen) atoms. The van der Waals surface area contributed by atoms with Crippen LogP contribution in [0.3, 0.4) is 0 Å². The number of aliphatic hydroxyl groups excluding tert-OH is 1. The van der Waals surface area contributed by atoms with Gasteiger partial charge in [0.1, 0.15) is 12.4 Å². The van der Waals surface area contributed by atoms with Crippen molar-refractivity contribution in [3.63, 3.8) is 0 Å². The van der Waals surface area contributed by atoms with Gasteiger partial charge in [-0.3, -0.25) is 10.1 Å². The number of ether oxygens (including phenoxy) is 1. The minimum Gasteiger partial charge on any atom is -0.488 e. The minimum atomic E-state index is -0.890. The van der Waals surface area contributed by atoms with Crippen LogP contribution in [0.2, 0.25) is 0 Å². The van der Waals surface area contributed by atoms with Crippen molar-refractivity contribution < 1.29 is 14.8 Å². The number of aliphatic hydroxyl groups is 1. The summed E-state index contributed by atoms with van der Waals surface area (Å²) in [5, 5.41) is 20.5. The zero-order chi connectivity index (χ0) is 13.7. The fraction of sp³-hybridized carbons (Fsp3) is 0.273. The lowest BCUT2D eigenvalue weighted by Gasteiger charge is -2.12. The Bertz CT molecular complexity index is 474. The Morgan fingerprint density at radius 2 is 2.33 bits per heavy atom. The first kappa shape index (κ1) is 14.8. The van der Waals surface area contributed by atoms with E-state index >= 15 is 0 Å². The van der Waals surface area contributed by atoms with E-state index in [1.807, 2.05) is 0 Å². The molecule has 1 aromatic rings. The van der Waals surface area contributed by atoms with Gasteiger partial charge in [-0.15, -0.1) is 0 Å². The molecule has 0 amide bonds. The van der Waals surface area contributed by atoms with E-state index in [1.54, 1.807) is 0 Å². The Morgan fingerprint density at radius 3 is 2.83 bits per heavy atom. The number of benzene rings is 1. The molecule has 0 fully saturated rings. The average molecular weight is 292 g/mol. The summed E-state index contributed by atoms with van der Waals surface area (Å²) in [6.45, 7) is 1.52. The van der Waals surface area contributed by atoms with Crippen molar-refractivity contribution in [1.29, 1.82) is 0 Å². The van der Waals surface area contributed by atoms with Gasteiger partial charge in [0.2, 0.25) is 0 Å². The van der Waals surface area contributed by atoms with Gasteiger partial charge in [-0.2, -0.15) is 0 Å². The van der Waals surface area contributed by atoms with Crippen LogP contribution in [0.1, 0.15) is 18.6 Å². The number of hydrogen-bond acceptors (Lipinski definition) is 4. The highest BCUT2D eigenvalue weighted by Crippen LogP contribution is 2.29. The van der Waals surface area contributed by atoms with E-state index in [4.69, 9.17) is 27.9 Å². The van der Waals surface area contributed by atoms with Crippen LogP contribution in [-0.2, 0) is 0 Å². The van der Waals surface area contributed by atoms with Gasteiger partial charge in [0.25, 0.3) is 5.69 Å². The molecule has 5 nitrogen and oxygen atoms in total. The topological polar surface area (TPSA) is 72.6 Å². The molecule has 0 aliphatic heterocycles. The minimum absolute atomic E-state index is 0.0303. The molecule has 0 spiro atoms. The summed E-state index contributed by atoms with van der Waals surface area (Å²) in [6.07, 6.45) is -0.890. The molecule has 0 unspecified atom stereocenters. The summed E-state index contributed by atoms with van der Waals surface area (Å²) in [7, 11) is 0. The first-order valence-electron chi connectivity index (χ1n) is 4.99. The van der Waals surface area contributed by atoms with E-state index in [1.165, 1.54) is 25.1 Å². The Morgan fingerprint density at radius 1 is 1.67 bits per heavy atom. The maximum Gasteiger partial charge on any atom is 0.270 e. The molecule has 0 aliphatic carbocycles. The molecule has 0 saturated carbocycles. The molecule has 0 heterocycles. The lowest BCUT2D eigenvalue weighted by atomic mass is 10.1. The standard InChI is InChI=1S/C11H11Cl2NO4/c1-7(15)10-4-9(14(16)17)2-3-11(10)18-6-8(13)5-12/h2-5,7,15H,6H2,1H3/b8-5-/t7-/m0/s1. The summed E-state index contributed by atoms with van der Waals surface area (Å²) in [4.78, 5) is 10.1. The Balaban J connectivity index is 3.00. The second kappa shape index (κ2) is 6.58. The number of nitrogens with zero attached hydrogens (tertiary/aromatic N) is 1. The predicted octanol–water partition coefficient (Wildman–Crippen LogP) is 3.35. The molecule has 98 valence electrons. The molecule has 0 aromatic heterocycles. The molecule has 0 radical (unpaired) electrons. The highest BCUT2D eigenvalue weighted by atomic mass is 35.5. The molecule has 1 N–H and O–H groups in total. The van der Waals surface area contributed by atoms with Gasteiger partial charge in [0.05, 0.1) is 16.1 Å². The predicted molar refractivity (Wildman–Crippen MR) is 69.0 cm³/mol. The van der Waals surface area contributed by atoms with E-state index in [0.29, 0.717) is 11.3 Å². The Hall–Kier alpha value is -1.30. The quantitative estimate of drug-likeness (QED) is 0.667. The smallest absolute Gasteiger partial charge is 0.270 e. The van der Waals surface area contributed by atoms with Crippen molar-refractivity contribution in [1.82, 2.24) is 0 Å². The summed E-state index contributed by atoms with van der Waals surface area (Å²) in [5.74, 6) is 0.326. The first-order chi connectivity index (χ1) is 8.45. The highest BCUT2D eigenvalue weighted by molar-refractivity contribution is 6.36. The van der Waals surface area contributed by atoms with Crippen molar-refractivity contribution in [2.75, 3.05) is 6.61 Å². The van der Waals surface area contributed by atoms with Gasteiger partial charge in [-0.05, 0) is 13.0 Å². The van der Waals surface area contributed by atoms with Crippen molar-refractivity contribution in [2.45, 2.75) is 13.0 Å². The lowest BCUT2D eigenvalue weighted by molar-refractivity contribution is -0.385. The summed E-state index contributed by atoms with van der Waals surface area (Å²) >= 11 is 11.0. The van der Waals surface area contributed by atoms with Crippen molar-refractivity contribution >= 4 is 28.9 Å². The summed E-state index contributed by atoms with van der Waals surface area (Å²) in [6, 6.07) is 3.97. The fourth-order valence-corrected chi connectivity index (χ4v) is 1.40. The second-order valence-corrected chi connectivity index (χ2v) is 4.20. The number of halogens is 2. The van der Waals surface area contributed by atoms with Gasteiger partial charge in [-0.25, -0.2) is 0 Å². The molecule has 0 aliphatic rings. The maximum absolute atomic E-state index is 10.6. The SMILES string of the molecule is C[C@H](O)c1cc([N+](=O)[O-])ccc1OC/C(Cl)=C/Cl. The number of non-ortho nitro benzene ring substituents is 1. The van der Waals surface area contributed by atoms with Gasteiger partial charge in [0.15, 0.2) is 0 Å². The van der Waals surface area contributed by atoms with Crippen LogP contribution >= 0.6 is 23.2 Å². The van der Waals surface area contributed by atoms with E-state index in [-0.39, 0.29) is 17.3 Å². The van der Waals surface area contributed by atoms with Crippen LogP contribution in [0.4, 0.5) is 5.69 Å². The maximum atomic E-state index is 10.6. The van der Waals surface area contributed by atoms with E-state index in [2.05, 4.69) is 0 Å². The molecule has 1 aromatic carbocycles. The molecular weight excluding hydrogens is 281 g/mol. The third-order valence-electron chi connectivity index (χ3n) is 2.14. The zero-order valence-electron chi connectivity index (χ0n) is 9.47. The van der Waals surface area contributed by atoms with Crippen LogP contribution in [-0.4, -0.2) is 16.6 Å². The van der Waals surface area contributed by atoms with Gasteiger partial charge >= 0.3 is 0 Å². The first-order valence-corrected chi connectivity index (χ1v) is 5.81. The number of hydrogen-bond donors (Lipinski definition) is 1. The van der Waals surface area contributed by atoms with Crippen molar-refractivity contribution in [3.8, 4) is 5.75 Å². The zero-order valence-corrected chi connectivity index (χ0v) is 11.0. The van der Waals surface area contributed by atoms with Gasteiger partial charge in [-0.1, -0.05) is 23.2 Å². The van der Waals surface area contributed by atoms with Crippen LogP contribution in [0.25, 0.3) is 0 Å². The monoisotopic (exact) mass is 291 g/mol. The van der Waals surface area contributed by atoms with Crippen LogP contribution < -0.4 is 4.74 Å². The van der Waals surface area contributed by atoms with Crippen LogP contribution in [0.5, 0.6) is 5.75 Å². The van der Waals surface area contributed by atoms with Crippen molar-refractivity contribution in [3.05, 3.63) is 44.4 Å². The Kier molecular flexibility index (Phi) is 5.40. The average Bonchev–Trinajstić information content (AvgIpc) is 2.35. The Labute approximate surface area is 114 Å². The third kappa shape index (κ3) is 3.87. The second-order valence-electron chi connectivity index (χ2n) is 3.50. The lowest BCUT2D eigenvalue weighted by Crippen LogP contribution is -2.03. The van der Waals surface area contributed by atoms with E-state index in [9.17, 15) is 15.2 Å². The molecule has 1 rings (SSSR count). The fourth-order valence-electron chi connectivity index (χ4n) is 1.29. The summed E-state index contributed by atoms with van der Waals surface area (Å²) in [5.41, 5.74) is 1.37. The highest BCUT2D eigenvalue weighted by Gasteiger charge is 2.15. The molecule has 7 heteroatoms. The number of nitro groups is 1. The molecule has 0 saturated heterocycles. The van der Waals surface area contributed by atoms with Crippen molar-refractivity contribution in [2.24, 2.45) is 0 Å².